The normalized spacial score (nSPS) is 10.2. The zero-order valence-corrected chi connectivity index (χ0v) is 15.0. The van der Waals surface area contributed by atoms with E-state index in [2.05, 4.69) is 5.32 Å². The molecule has 1 amide bonds. The van der Waals surface area contributed by atoms with E-state index in [1.54, 1.807) is 38.5 Å². The van der Waals surface area contributed by atoms with Gasteiger partial charge in [-0.3, -0.25) is 4.79 Å². The summed E-state index contributed by atoms with van der Waals surface area (Å²) in [5.74, 6) is 0.311. The maximum Gasteiger partial charge on any atom is 0.335 e. The van der Waals surface area contributed by atoms with E-state index in [1.807, 2.05) is 18.2 Å². The number of hydrogen-bond acceptors (Lipinski definition) is 4. The Balaban J connectivity index is 1.80. The van der Waals surface area contributed by atoms with Gasteiger partial charge in [-0.05, 0) is 42.2 Å². The van der Waals surface area contributed by atoms with Gasteiger partial charge in [-0.15, -0.1) is 0 Å². The van der Waals surface area contributed by atoms with Crippen LogP contribution in [0, 0.1) is 0 Å². The molecule has 0 unspecified atom stereocenters. The summed E-state index contributed by atoms with van der Waals surface area (Å²) in [6.45, 7) is 0.500. The zero-order valence-electron chi connectivity index (χ0n) is 15.0. The molecule has 0 aliphatic heterocycles. The summed E-state index contributed by atoms with van der Waals surface area (Å²) in [5.41, 5.74) is 2.15. The minimum atomic E-state index is -0.946. The maximum atomic E-state index is 12.0. The van der Waals surface area contributed by atoms with Crippen molar-refractivity contribution in [3.05, 3.63) is 59.2 Å². The van der Waals surface area contributed by atoms with Crippen LogP contribution in [0.25, 0.3) is 0 Å². The number of amides is 1. The number of para-hydroxylation sites is 1. The maximum absolute atomic E-state index is 12.0. The third kappa shape index (κ3) is 5.24. The van der Waals surface area contributed by atoms with Crippen molar-refractivity contribution in [2.45, 2.75) is 19.3 Å². The summed E-state index contributed by atoms with van der Waals surface area (Å²) in [5, 5.41) is 11.8. The van der Waals surface area contributed by atoms with E-state index in [9.17, 15) is 9.59 Å². The summed E-state index contributed by atoms with van der Waals surface area (Å²) in [6, 6.07) is 12.3. The summed E-state index contributed by atoms with van der Waals surface area (Å²) < 4.78 is 10.6. The number of methoxy groups -OCH3 is 2. The second-order valence-electron chi connectivity index (χ2n) is 5.75. The summed E-state index contributed by atoms with van der Waals surface area (Å²) >= 11 is 0. The largest absolute Gasteiger partial charge is 0.493 e. The highest BCUT2D eigenvalue weighted by Gasteiger charge is 2.11. The molecule has 2 rings (SSSR count). The first-order chi connectivity index (χ1) is 12.5. The number of carbonyl (C=O) groups is 2. The number of carboxylic acids is 1. The second-order valence-corrected chi connectivity index (χ2v) is 5.75. The molecular formula is C20H23NO5. The molecule has 2 aromatic carbocycles. The molecule has 0 saturated carbocycles. The van der Waals surface area contributed by atoms with Gasteiger partial charge >= 0.3 is 5.97 Å². The predicted molar refractivity (Wildman–Crippen MR) is 98.0 cm³/mol. The number of nitrogens with one attached hydrogen (secondary N) is 1. The molecule has 26 heavy (non-hydrogen) atoms. The van der Waals surface area contributed by atoms with Crippen molar-refractivity contribution in [1.29, 1.82) is 0 Å². The predicted octanol–water partition coefficient (Wildman–Crippen LogP) is 2.69. The summed E-state index contributed by atoms with van der Waals surface area (Å²) in [6.07, 6.45) is 1.55. The lowest BCUT2D eigenvalue weighted by Crippen LogP contribution is -2.25. The fourth-order valence-electron chi connectivity index (χ4n) is 2.65. The molecule has 6 heteroatoms. The van der Waals surface area contributed by atoms with E-state index in [0.717, 1.165) is 11.1 Å². The van der Waals surface area contributed by atoms with Crippen LogP contribution in [0.5, 0.6) is 11.5 Å². The van der Waals surface area contributed by atoms with Gasteiger partial charge in [0, 0.05) is 13.0 Å². The monoisotopic (exact) mass is 357 g/mol. The number of carboxylic acid groups (broad SMARTS) is 1. The van der Waals surface area contributed by atoms with Crippen LogP contribution < -0.4 is 14.8 Å². The van der Waals surface area contributed by atoms with Crippen LogP contribution in [0.1, 0.15) is 27.9 Å². The number of benzene rings is 2. The molecule has 0 fully saturated rings. The number of carbonyl (C=O) groups excluding carboxylic acids is 1. The lowest BCUT2D eigenvalue weighted by atomic mass is 10.1. The van der Waals surface area contributed by atoms with E-state index < -0.39 is 5.97 Å². The Kier molecular flexibility index (Phi) is 7.02. The molecule has 0 aliphatic carbocycles. The van der Waals surface area contributed by atoms with Gasteiger partial charge in [-0.25, -0.2) is 4.79 Å². The summed E-state index contributed by atoms with van der Waals surface area (Å²) in [7, 11) is 3.16. The number of rotatable bonds is 9. The molecule has 0 atom stereocenters. The first kappa shape index (κ1) is 19.3. The minimum absolute atomic E-state index is 0.0444. The molecular weight excluding hydrogens is 334 g/mol. The quantitative estimate of drug-likeness (QED) is 0.721. The third-order valence-electron chi connectivity index (χ3n) is 4.04. The minimum Gasteiger partial charge on any atom is -0.493 e. The first-order valence-electron chi connectivity index (χ1n) is 8.34. The molecule has 0 aromatic heterocycles. The van der Waals surface area contributed by atoms with Crippen LogP contribution in [0.15, 0.2) is 42.5 Å². The molecule has 0 heterocycles. The fraction of sp³-hybridized carbons (Fsp3) is 0.300. The molecule has 2 N–H and O–H groups in total. The summed E-state index contributed by atoms with van der Waals surface area (Å²) in [4.78, 5) is 22.9. The SMILES string of the molecule is COc1cccc(CCC(=O)NCCc2ccc(C(=O)O)cc2)c1OC. The van der Waals surface area contributed by atoms with E-state index in [0.29, 0.717) is 37.3 Å². The molecule has 0 radical (unpaired) electrons. The lowest BCUT2D eigenvalue weighted by Gasteiger charge is -2.12. The highest BCUT2D eigenvalue weighted by atomic mass is 16.5. The van der Waals surface area contributed by atoms with Crippen LogP contribution in [0.4, 0.5) is 0 Å². The van der Waals surface area contributed by atoms with Crippen LogP contribution in [-0.2, 0) is 17.6 Å². The van der Waals surface area contributed by atoms with Crippen LogP contribution in [0.2, 0.25) is 0 Å². The van der Waals surface area contributed by atoms with Crippen molar-refractivity contribution in [2.24, 2.45) is 0 Å². The van der Waals surface area contributed by atoms with Crippen molar-refractivity contribution in [1.82, 2.24) is 5.32 Å². The van der Waals surface area contributed by atoms with Gasteiger partial charge in [0.1, 0.15) is 0 Å². The van der Waals surface area contributed by atoms with Crippen LogP contribution in [-0.4, -0.2) is 37.7 Å². The fourth-order valence-corrected chi connectivity index (χ4v) is 2.65. The number of ether oxygens (including phenoxy) is 2. The van der Waals surface area contributed by atoms with E-state index >= 15 is 0 Å². The van der Waals surface area contributed by atoms with Crippen molar-refractivity contribution >= 4 is 11.9 Å². The third-order valence-corrected chi connectivity index (χ3v) is 4.04. The number of aryl methyl sites for hydroxylation is 1. The number of hydrogen-bond donors (Lipinski definition) is 2. The van der Waals surface area contributed by atoms with E-state index in [1.165, 1.54) is 0 Å². The highest BCUT2D eigenvalue weighted by molar-refractivity contribution is 5.87. The van der Waals surface area contributed by atoms with Crippen LogP contribution >= 0.6 is 0 Å². The second kappa shape index (κ2) is 9.46. The van der Waals surface area contributed by atoms with Crippen molar-refractivity contribution in [3.63, 3.8) is 0 Å². The Morgan fingerprint density at radius 2 is 1.73 bits per heavy atom. The van der Waals surface area contributed by atoms with Crippen LogP contribution in [0.3, 0.4) is 0 Å². The van der Waals surface area contributed by atoms with Gasteiger partial charge in [-0.1, -0.05) is 24.3 Å². The zero-order chi connectivity index (χ0) is 18.9. The first-order valence-corrected chi connectivity index (χ1v) is 8.34. The average molecular weight is 357 g/mol. The van der Waals surface area contributed by atoms with Gasteiger partial charge in [0.2, 0.25) is 5.91 Å². The van der Waals surface area contributed by atoms with E-state index in [4.69, 9.17) is 14.6 Å². The topological polar surface area (TPSA) is 84.9 Å². The molecule has 0 spiro atoms. The molecule has 6 nitrogen and oxygen atoms in total. The smallest absolute Gasteiger partial charge is 0.335 e. The Hall–Kier alpha value is -3.02. The Morgan fingerprint density at radius 3 is 2.35 bits per heavy atom. The molecule has 0 bridgehead atoms. The van der Waals surface area contributed by atoms with Gasteiger partial charge in [0.05, 0.1) is 19.8 Å². The average Bonchev–Trinajstić information content (AvgIpc) is 2.66. The van der Waals surface area contributed by atoms with Crippen molar-refractivity contribution < 1.29 is 24.2 Å². The van der Waals surface area contributed by atoms with Gasteiger partial charge in [0.15, 0.2) is 11.5 Å². The molecule has 0 saturated heterocycles. The molecule has 138 valence electrons. The van der Waals surface area contributed by atoms with Gasteiger partial charge in [0.25, 0.3) is 0 Å². The Labute approximate surface area is 152 Å². The van der Waals surface area contributed by atoms with Gasteiger partial charge in [-0.2, -0.15) is 0 Å². The number of aromatic carboxylic acids is 1. The highest BCUT2D eigenvalue weighted by Crippen LogP contribution is 2.31. The lowest BCUT2D eigenvalue weighted by molar-refractivity contribution is -0.121. The van der Waals surface area contributed by atoms with Crippen molar-refractivity contribution in [3.8, 4) is 11.5 Å². The Bertz CT molecular complexity index is 755. The molecule has 0 aliphatic rings. The van der Waals surface area contributed by atoms with Gasteiger partial charge < -0.3 is 19.9 Å². The van der Waals surface area contributed by atoms with Crippen molar-refractivity contribution in [2.75, 3.05) is 20.8 Å². The molecule has 2 aromatic rings. The Morgan fingerprint density at radius 1 is 1.00 bits per heavy atom. The van der Waals surface area contributed by atoms with E-state index in [-0.39, 0.29) is 11.5 Å². The standard InChI is InChI=1S/C20H23NO5/c1-25-17-5-3-4-15(19(17)26-2)10-11-18(22)21-13-12-14-6-8-16(9-7-14)20(23)24/h3-9H,10-13H2,1-2H3,(H,21,22)(H,23,24).